The Bertz CT molecular complexity index is 1660. The number of nitrogens with two attached hydrogens (primary N) is 1. The van der Waals surface area contributed by atoms with E-state index < -0.39 is 0 Å². The molecule has 6 rings (SSSR count). The van der Waals surface area contributed by atoms with Crippen LogP contribution in [0, 0.1) is 0 Å². The molecule has 0 saturated carbocycles. The molecule has 200 valence electrons. The van der Waals surface area contributed by atoms with Crippen molar-refractivity contribution in [3.63, 3.8) is 0 Å². The summed E-state index contributed by atoms with van der Waals surface area (Å²) in [5.74, 6) is 0.584. The maximum Gasteiger partial charge on any atom is 0.243 e. The Morgan fingerprint density at radius 2 is 1.26 bits per heavy atom. The molecule has 0 bridgehead atoms. The predicted molar refractivity (Wildman–Crippen MR) is 155 cm³/mol. The molecule has 0 amide bonds. The Hall–Kier alpha value is -3.25. The van der Waals surface area contributed by atoms with Gasteiger partial charge in [-0.25, -0.2) is 14.0 Å². The standard InChI is InChI=1S/C12H9Cl2N5.C6H2Cl3N3.C6H8N2/c13-9-4-6-19-10(9)11(17-12(14)18-19)16-7-8-3-1-2-5-15-8;7-3-1-2-12-4(3)5(8)10-6(9)11-12;7-5-6-3-1-2-4-8-6/h1-6H,7H2,(H,16,17,18);1-2H;1-4H,5,7H2. The molecule has 6 aromatic rings. The van der Waals surface area contributed by atoms with Crippen LogP contribution in [0.5, 0.6) is 0 Å². The number of nitrogens with zero attached hydrogens (tertiary/aromatic N) is 8. The van der Waals surface area contributed by atoms with Gasteiger partial charge in [0.25, 0.3) is 0 Å². The Kier molecular flexibility index (Phi) is 10.1. The van der Waals surface area contributed by atoms with Crippen LogP contribution in [0.2, 0.25) is 25.8 Å². The molecule has 6 heterocycles. The van der Waals surface area contributed by atoms with Gasteiger partial charge in [-0.15, -0.1) is 10.2 Å². The highest BCUT2D eigenvalue weighted by Crippen LogP contribution is 2.26. The van der Waals surface area contributed by atoms with E-state index in [0.717, 1.165) is 11.4 Å². The van der Waals surface area contributed by atoms with E-state index in [-0.39, 0.29) is 15.7 Å². The minimum Gasteiger partial charge on any atom is -0.362 e. The number of halogens is 5. The fraction of sp³-hybridized carbons (Fsp3) is 0.0833. The molecule has 0 fully saturated rings. The van der Waals surface area contributed by atoms with Crippen molar-refractivity contribution in [2.24, 2.45) is 5.73 Å². The molecule has 0 unspecified atom stereocenters. The van der Waals surface area contributed by atoms with Gasteiger partial charge in [0.15, 0.2) is 11.0 Å². The van der Waals surface area contributed by atoms with Crippen molar-refractivity contribution in [1.29, 1.82) is 0 Å². The summed E-state index contributed by atoms with van der Waals surface area (Å²) in [6.07, 6.45) is 6.88. The summed E-state index contributed by atoms with van der Waals surface area (Å²) in [6.45, 7) is 1.06. The number of nitrogens with one attached hydrogen (secondary N) is 1. The third kappa shape index (κ3) is 7.66. The normalized spacial score (nSPS) is 10.5. The molecule has 3 N–H and O–H groups in total. The Balaban J connectivity index is 0.000000150. The second kappa shape index (κ2) is 13.7. The molecular weight excluding hydrogens is 606 g/mol. The van der Waals surface area contributed by atoms with Crippen LogP contribution in [-0.2, 0) is 13.1 Å². The lowest BCUT2D eigenvalue weighted by Crippen LogP contribution is -2.06. The van der Waals surface area contributed by atoms with Crippen LogP contribution in [0.1, 0.15) is 11.4 Å². The minimum atomic E-state index is 0.0970. The summed E-state index contributed by atoms with van der Waals surface area (Å²) in [4.78, 5) is 16.1. The highest BCUT2D eigenvalue weighted by Gasteiger charge is 2.11. The third-order valence-corrected chi connectivity index (χ3v) is 6.12. The second-order valence-corrected chi connectivity index (χ2v) is 9.36. The topological polar surface area (TPSA) is 124 Å². The Morgan fingerprint density at radius 1 is 0.692 bits per heavy atom. The van der Waals surface area contributed by atoms with Crippen molar-refractivity contribution in [1.82, 2.24) is 39.2 Å². The van der Waals surface area contributed by atoms with Crippen LogP contribution in [0.25, 0.3) is 11.0 Å². The van der Waals surface area contributed by atoms with E-state index in [1.807, 2.05) is 36.4 Å². The average Bonchev–Trinajstić information content (AvgIpc) is 3.51. The van der Waals surface area contributed by atoms with Gasteiger partial charge in [0.2, 0.25) is 10.6 Å². The van der Waals surface area contributed by atoms with Gasteiger partial charge in [0, 0.05) is 31.3 Å². The summed E-state index contributed by atoms with van der Waals surface area (Å²) in [5.41, 5.74) is 8.39. The fourth-order valence-corrected chi connectivity index (χ4v) is 4.36. The molecule has 0 spiro atoms. The lowest BCUT2D eigenvalue weighted by molar-refractivity contribution is 0.898. The van der Waals surface area contributed by atoms with Crippen molar-refractivity contribution < 1.29 is 0 Å². The maximum absolute atomic E-state index is 6.11. The van der Waals surface area contributed by atoms with Crippen molar-refractivity contribution in [3.05, 3.63) is 110 Å². The van der Waals surface area contributed by atoms with Crippen molar-refractivity contribution in [3.8, 4) is 0 Å². The molecule has 0 aromatic carbocycles. The molecule has 0 aliphatic carbocycles. The van der Waals surface area contributed by atoms with E-state index >= 15 is 0 Å². The molecule has 15 heteroatoms. The summed E-state index contributed by atoms with van der Waals surface area (Å²) >= 11 is 29.1. The Labute approximate surface area is 247 Å². The first kappa shape index (κ1) is 28.8. The number of rotatable bonds is 4. The van der Waals surface area contributed by atoms with Gasteiger partial charge in [-0.05, 0) is 59.6 Å². The van der Waals surface area contributed by atoms with Crippen LogP contribution in [0.3, 0.4) is 0 Å². The van der Waals surface area contributed by atoms with Crippen molar-refractivity contribution in [2.75, 3.05) is 5.32 Å². The smallest absolute Gasteiger partial charge is 0.243 e. The molecule has 6 aromatic heterocycles. The zero-order valence-electron chi connectivity index (χ0n) is 19.9. The maximum atomic E-state index is 6.11. The SMILES string of the molecule is Clc1nc(Cl)c2c(Cl)ccn2n1.Clc1nc(NCc2ccccn2)c2c(Cl)ccn2n1.NCc1ccccn1. The summed E-state index contributed by atoms with van der Waals surface area (Å²) in [6, 6.07) is 14.8. The molecule has 0 radical (unpaired) electrons. The first-order valence-electron chi connectivity index (χ1n) is 11.2. The monoisotopic (exact) mass is 622 g/mol. The lowest BCUT2D eigenvalue weighted by Gasteiger charge is -2.07. The van der Waals surface area contributed by atoms with Gasteiger partial charge in [-0.1, -0.05) is 46.9 Å². The van der Waals surface area contributed by atoms with Crippen LogP contribution in [0.4, 0.5) is 5.82 Å². The van der Waals surface area contributed by atoms with Crippen LogP contribution in [-0.4, -0.2) is 39.2 Å². The second-order valence-electron chi connectivity index (χ2n) is 7.51. The number of pyridine rings is 2. The molecule has 0 atom stereocenters. The van der Waals surface area contributed by atoms with Gasteiger partial charge in [-0.3, -0.25) is 9.97 Å². The molecule has 39 heavy (non-hydrogen) atoms. The summed E-state index contributed by atoms with van der Waals surface area (Å²) in [5, 5.41) is 12.7. The number of hydrogen-bond acceptors (Lipinski definition) is 8. The third-order valence-electron chi connectivity index (χ3n) is 4.93. The molecule has 10 nitrogen and oxygen atoms in total. The van der Waals surface area contributed by atoms with Gasteiger partial charge < -0.3 is 11.1 Å². The highest BCUT2D eigenvalue weighted by atomic mass is 35.5. The molecule has 0 saturated heterocycles. The summed E-state index contributed by atoms with van der Waals surface area (Å²) < 4.78 is 3.08. The summed E-state index contributed by atoms with van der Waals surface area (Å²) in [7, 11) is 0. The predicted octanol–water partition coefficient (Wildman–Crippen LogP) is 6.27. The zero-order chi connectivity index (χ0) is 27.8. The first-order chi connectivity index (χ1) is 18.9. The molecule has 0 aliphatic heterocycles. The Morgan fingerprint density at radius 3 is 1.82 bits per heavy atom. The number of fused-ring (bicyclic) bond motifs is 2. The highest BCUT2D eigenvalue weighted by molar-refractivity contribution is 6.39. The van der Waals surface area contributed by atoms with Crippen molar-refractivity contribution >= 4 is 74.9 Å². The van der Waals surface area contributed by atoms with E-state index in [9.17, 15) is 0 Å². The minimum absolute atomic E-state index is 0.0970. The number of aromatic nitrogens is 8. The largest absolute Gasteiger partial charge is 0.362 e. The average molecular weight is 625 g/mol. The van der Waals surface area contributed by atoms with E-state index in [0.29, 0.717) is 40.0 Å². The van der Waals surface area contributed by atoms with Crippen LogP contribution in [0.15, 0.2) is 73.3 Å². The molecule has 0 aliphatic rings. The van der Waals surface area contributed by atoms with E-state index in [1.165, 1.54) is 4.52 Å². The van der Waals surface area contributed by atoms with Gasteiger partial charge in [0.1, 0.15) is 11.0 Å². The van der Waals surface area contributed by atoms with Gasteiger partial charge in [-0.2, -0.15) is 4.98 Å². The first-order valence-corrected chi connectivity index (χ1v) is 13.0. The van der Waals surface area contributed by atoms with E-state index in [2.05, 4.69) is 35.5 Å². The number of anilines is 1. The lowest BCUT2D eigenvalue weighted by atomic mass is 10.3. The van der Waals surface area contributed by atoms with Gasteiger partial charge >= 0.3 is 0 Å². The number of hydrogen-bond donors (Lipinski definition) is 2. The quantitative estimate of drug-likeness (QED) is 0.235. The fourth-order valence-electron chi connectivity index (χ4n) is 3.20. The van der Waals surface area contributed by atoms with E-state index in [4.69, 9.17) is 63.7 Å². The van der Waals surface area contributed by atoms with Crippen molar-refractivity contribution in [2.45, 2.75) is 13.1 Å². The molecular formula is C24H19Cl5N10. The van der Waals surface area contributed by atoms with Gasteiger partial charge in [0.05, 0.1) is 28.0 Å². The van der Waals surface area contributed by atoms with Crippen LogP contribution < -0.4 is 11.1 Å². The zero-order valence-corrected chi connectivity index (χ0v) is 23.7. The van der Waals surface area contributed by atoms with E-state index in [1.54, 1.807) is 41.4 Å². The van der Waals surface area contributed by atoms with Crippen LogP contribution >= 0.6 is 58.0 Å².